The molecule has 0 bridgehead atoms. The van der Waals surface area contributed by atoms with Crippen LogP contribution in [-0.2, 0) is 19.1 Å². The molecule has 2 aromatic heterocycles. The first-order valence-corrected chi connectivity index (χ1v) is 13.9. The first kappa shape index (κ1) is 24.3. The molecule has 2 aliphatic carbocycles. The smallest absolute Gasteiger partial charge is 0.235 e. The van der Waals surface area contributed by atoms with Crippen LogP contribution in [0.2, 0.25) is 0 Å². The molecule has 0 spiro atoms. The Morgan fingerprint density at radius 3 is 1.76 bits per heavy atom. The van der Waals surface area contributed by atoms with Crippen molar-refractivity contribution in [1.29, 1.82) is 0 Å². The van der Waals surface area contributed by atoms with Crippen LogP contribution in [-0.4, -0.2) is 37.3 Å². The number of nitrogens with one attached hydrogen (secondary N) is 1. The second-order valence-corrected chi connectivity index (χ2v) is 13.1. The molecule has 0 radical (unpaired) electrons. The molecule has 2 saturated carbocycles. The van der Waals surface area contributed by atoms with Crippen molar-refractivity contribution in [3.05, 3.63) is 45.9 Å². The number of anilines is 2. The normalized spacial score (nSPS) is 16.0. The molecule has 4 rings (SSSR count). The van der Waals surface area contributed by atoms with Gasteiger partial charge in [0.05, 0.1) is 28.1 Å². The average molecular weight is 591 g/mol. The number of pyridine rings is 2. The number of halogens is 3. The van der Waals surface area contributed by atoms with Crippen molar-refractivity contribution in [2.75, 3.05) is 10.5 Å². The summed E-state index contributed by atoms with van der Waals surface area (Å²) in [5.41, 5.74) is 6.55. The first-order chi connectivity index (χ1) is 13.5. The molecule has 0 aliphatic heterocycles. The fourth-order valence-corrected chi connectivity index (χ4v) is 5.22. The van der Waals surface area contributed by atoms with Crippen LogP contribution in [0.4, 0.5) is 11.4 Å². The predicted octanol–water partition coefficient (Wildman–Crippen LogP) is 3.89. The van der Waals surface area contributed by atoms with E-state index in [1.54, 1.807) is 30.7 Å². The monoisotopic (exact) mass is 588 g/mol. The van der Waals surface area contributed by atoms with E-state index in [0.717, 1.165) is 34.6 Å². The van der Waals surface area contributed by atoms with E-state index in [2.05, 4.69) is 46.5 Å². The largest absolute Gasteiger partial charge is 0.397 e. The van der Waals surface area contributed by atoms with Crippen molar-refractivity contribution < 1.29 is 16.8 Å². The van der Waals surface area contributed by atoms with E-state index < -0.39 is 19.1 Å². The molecule has 0 aromatic carbocycles. The Hall–Kier alpha value is -0.950. The molecular weight excluding hydrogens is 572 g/mol. The molecule has 160 valence electrons. The molecule has 0 unspecified atom stereocenters. The van der Waals surface area contributed by atoms with Crippen LogP contribution in [0.5, 0.6) is 0 Å². The van der Waals surface area contributed by atoms with Gasteiger partial charge in [0.2, 0.25) is 19.1 Å². The molecule has 0 atom stereocenters. The summed E-state index contributed by atoms with van der Waals surface area (Å²) in [7, 11) is -1.42. The Morgan fingerprint density at radius 1 is 0.897 bits per heavy atom. The number of hydrogen-bond donors (Lipinski definition) is 2. The van der Waals surface area contributed by atoms with Gasteiger partial charge in [-0.15, -0.1) is 0 Å². The zero-order chi connectivity index (χ0) is 21.7. The maximum atomic E-state index is 11.5. The van der Waals surface area contributed by atoms with Crippen LogP contribution in [0.1, 0.15) is 25.7 Å². The highest BCUT2D eigenvalue weighted by Gasteiger charge is 2.35. The highest BCUT2D eigenvalue weighted by molar-refractivity contribution is 9.10. The van der Waals surface area contributed by atoms with E-state index in [0.29, 0.717) is 11.4 Å². The van der Waals surface area contributed by atoms with Gasteiger partial charge in [0.1, 0.15) is 0 Å². The van der Waals surface area contributed by atoms with Gasteiger partial charge >= 0.3 is 0 Å². The molecule has 3 N–H and O–H groups in total. The second kappa shape index (κ2) is 10.4. The number of nitrogens with two attached hydrogens (primary N) is 1. The van der Waals surface area contributed by atoms with Gasteiger partial charge in [-0.05, 0) is 69.7 Å². The van der Waals surface area contributed by atoms with Crippen LogP contribution in [0.25, 0.3) is 0 Å². The van der Waals surface area contributed by atoms with E-state index in [9.17, 15) is 16.8 Å². The van der Waals surface area contributed by atoms with Crippen molar-refractivity contribution in [3.8, 4) is 0 Å². The van der Waals surface area contributed by atoms with Gasteiger partial charge in [-0.2, -0.15) is 0 Å². The summed E-state index contributed by atoms with van der Waals surface area (Å²) in [6.07, 6.45) is 9.42. The van der Waals surface area contributed by atoms with Crippen molar-refractivity contribution in [3.63, 3.8) is 0 Å². The number of nitrogens with zero attached hydrogens (tertiary/aromatic N) is 2. The lowest BCUT2D eigenvalue weighted by Crippen LogP contribution is -2.17. The Kier molecular flexibility index (Phi) is 8.71. The average Bonchev–Trinajstić information content (AvgIpc) is 3.47. The van der Waals surface area contributed by atoms with Crippen molar-refractivity contribution in [2.45, 2.75) is 36.2 Å². The topological polar surface area (TPSA) is 132 Å². The number of aromatic nitrogens is 2. The van der Waals surface area contributed by atoms with Crippen LogP contribution in [0.3, 0.4) is 0 Å². The lowest BCUT2D eigenvalue weighted by atomic mass is 10.4. The van der Waals surface area contributed by atoms with Gasteiger partial charge in [-0.25, -0.2) is 16.8 Å². The molecule has 8 nitrogen and oxygen atoms in total. The van der Waals surface area contributed by atoms with Gasteiger partial charge in [0.25, 0.3) is 0 Å². The number of nitrogen functional groups attached to an aromatic ring is 1. The first-order valence-electron chi connectivity index (χ1n) is 8.39. The third-order valence-electron chi connectivity index (χ3n) is 3.58. The third kappa shape index (κ3) is 9.60. The summed E-state index contributed by atoms with van der Waals surface area (Å²) < 4.78 is 47.5. The molecule has 29 heavy (non-hydrogen) atoms. The minimum absolute atomic E-state index is 0.207. The van der Waals surface area contributed by atoms with Gasteiger partial charge in [-0.3, -0.25) is 14.7 Å². The summed E-state index contributed by atoms with van der Waals surface area (Å²) in [4.78, 5) is 7.69. The fraction of sp³-hybridized carbons (Fsp3) is 0.375. The molecule has 13 heteroatoms. The number of sulfonamides is 1. The van der Waals surface area contributed by atoms with Gasteiger partial charge in [0, 0.05) is 38.2 Å². The van der Waals surface area contributed by atoms with E-state index in [1.807, 2.05) is 0 Å². The Labute approximate surface area is 191 Å². The standard InChI is InChI=1S/C8H9BrN2O2S.C5H5BrN2.C3H5ClO2S/c9-6-3-7(5-10-4-6)11-14(12,13)8-1-2-8;6-4-1-5(7)3-8-2-4;4-7(5,6)3-1-2-3/h3-5,8,11H,1-2H2;1-3H,7H2;3H,1-2H2. The molecule has 2 aromatic rings. The quantitative estimate of drug-likeness (QED) is 0.517. The summed E-state index contributed by atoms with van der Waals surface area (Å²) in [6.45, 7) is 0. The molecule has 2 fully saturated rings. The lowest BCUT2D eigenvalue weighted by Gasteiger charge is -2.05. The van der Waals surface area contributed by atoms with E-state index in [1.165, 1.54) is 6.20 Å². The molecule has 2 heterocycles. The van der Waals surface area contributed by atoms with Crippen LogP contribution in [0, 0.1) is 0 Å². The maximum absolute atomic E-state index is 11.5. The molecule has 0 amide bonds. The minimum atomic E-state index is -3.17. The zero-order valence-corrected chi connectivity index (χ0v) is 20.6. The van der Waals surface area contributed by atoms with Crippen LogP contribution < -0.4 is 10.5 Å². The molecular formula is C16H19Br2ClN4O4S2. The van der Waals surface area contributed by atoms with Crippen molar-refractivity contribution in [2.24, 2.45) is 0 Å². The summed E-state index contributed by atoms with van der Waals surface area (Å²) >= 11 is 6.44. The van der Waals surface area contributed by atoms with Gasteiger partial charge < -0.3 is 5.73 Å². The second-order valence-electron chi connectivity index (χ2n) is 6.35. The fourth-order valence-electron chi connectivity index (χ4n) is 1.87. The summed E-state index contributed by atoms with van der Waals surface area (Å²) in [6, 6.07) is 3.49. The van der Waals surface area contributed by atoms with Gasteiger partial charge in [0.15, 0.2) is 0 Å². The van der Waals surface area contributed by atoms with Crippen LogP contribution in [0.15, 0.2) is 45.9 Å². The lowest BCUT2D eigenvalue weighted by molar-refractivity contribution is 0.599. The van der Waals surface area contributed by atoms with Gasteiger partial charge in [-0.1, -0.05) is 0 Å². The molecule has 0 saturated heterocycles. The predicted molar refractivity (Wildman–Crippen MR) is 122 cm³/mol. The van der Waals surface area contributed by atoms with E-state index >= 15 is 0 Å². The number of hydrogen-bond acceptors (Lipinski definition) is 7. The minimum Gasteiger partial charge on any atom is -0.397 e. The maximum Gasteiger partial charge on any atom is 0.235 e. The number of rotatable bonds is 4. The zero-order valence-electron chi connectivity index (χ0n) is 15.0. The van der Waals surface area contributed by atoms with Crippen molar-refractivity contribution >= 4 is 73.0 Å². The Balaban J connectivity index is 0.000000170. The SMILES string of the molecule is Nc1cncc(Br)c1.O=S(=O)(Cl)C1CC1.O=S(=O)(Nc1cncc(Br)c1)C1CC1. The molecule has 2 aliphatic rings. The Morgan fingerprint density at radius 2 is 1.41 bits per heavy atom. The highest BCUT2D eigenvalue weighted by Crippen LogP contribution is 2.31. The summed E-state index contributed by atoms with van der Waals surface area (Å²) in [5.74, 6) is 0. The third-order valence-corrected chi connectivity index (χ3v) is 8.34. The van der Waals surface area contributed by atoms with Crippen LogP contribution >= 0.6 is 42.5 Å². The van der Waals surface area contributed by atoms with E-state index in [4.69, 9.17) is 16.4 Å². The highest BCUT2D eigenvalue weighted by atomic mass is 79.9. The van der Waals surface area contributed by atoms with E-state index in [-0.39, 0.29) is 10.5 Å². The van der Waals surface area contributed by atoms with Crippen molar-refractivity contribution in [1.82, 2.24) is 9.97 Å². The Bertz CT molecular complexity index is 1030. The summed E-state index contributed by atoms with van der Waals surface area (Å²) in [5, 5.41) is -0.421.